The lowest BCUT2D eigenvalue weighted by molar-refractivity contribution is 0.253. The van der Waals surface area contributed by atoms with Gasteiger partial charge in [0.15, 0.2) is 0 Å². The molecule has 6 aromatic rings. The van der Waals surface area contributed by atoms with Gasteiger partial charge in [-0.1, -0.05) is 132 Å². The number of halogens is 4. The molecule has 2 heterocycles. The van der Waals surface area contributed by atoms with Gasteiger partial charge in [0, 0.05) is 42.8 Å². The van der Waals surface area contributed by atoms with Gasteiger partial charge in [-0.3, -0.25) is 19.6 Å². The molecule has 2 atom stereocenters. The molecule has 2 aliphatic carbocycles. The normalized spacial score (nSPS) is 20.1. The van der Waals surface area contributed by atoms with E-state index >= 15 is 0 Å². The van der Waals surface area contributed by atoms with E-state index in [0.29, 0.717) is 20.1 Å². The quantitative estimate of drug-likeness (QED) is 0.167. The fraction of sp³-hybridized carbons (Fsp3) is 0.269. The Morgan fingerprint density at radius 1 is 0.419 bits per heavy atom. The highest BCUT2D eigenvalue weighted by molar-refractivity contribution is 6.31. The van der Waals surface area contributed by atoms with E-state index in [1.165, 1.54) is 22.3 Å². The van der Waals surface area contributed by atoms with Crippen LogP contribution in [0.3, 0.4) is 0 Å². The zero-order chi connectivity index (χ0) is 43.2. The molecule has 316 valence electrons. The lowest BCUT2D eigenvalue weighted by Gasteiger charge is -2.39. The SMILES string of the molecule is Cc1cccc([C@@H]2N(c3ccc(Cl)cc3)C(=O)N(c3ccc(Cl)cc3)C23CCCC3)c1.Cc1cccc([C@H]2N(c3ccc(Cl)cc3)C(=O)N(c3ccc(Cl)cc3)C23CCCC3)c1. The third kappa shape index (κ3) is 7.63. The first kappa shape index (κ1) is 42.3. The molecule has 4 fully saturated rings. The predicted octanol–water partition coefficient (Wildman–Crippen LogP) is 15.6. The van der Waals surface area contributed by atoms with E-state index in [-0.39, 0.29) is 35.2 Å². The summed E-state index contributed by atoms with van der Waals surface area (Å²) in [6.45, 7) is 4.20. The van der Waals surface area contributed by atoms with Crippen molar-refractivity contribution in [1.29, 1.82) is 0 Å². The summed E-state index contributed by atoms with van der Waals surface area (Å²) < 4.78 is 0. The number of urea groups is 2. The van der Waals surface area contributed by atoms with E-state index in [1.54, 1.807) is 0 Å². The Morgan fingerprint density at radius 2 is 0.710 bits per heavy atom. The highest BCUT2D eigenvalue weighted by atomic mass is 35.5. The minimum atomic E-state index is -0.307. The third-order valence-electron chi connectivity index (χ3n) is 13.3. The Balaban J connectivity index is 0.000000158. The number of hydrogen-bond acceptors (Lipinski definition) is 2. The van der Waals surface area contributed by atoms with E-state index < -0.39 is 0 Å². The molecule has 0 aromatic heterocycles. The molecule has 10 rings (SSSR count). The van der Waals surface area contributed by atoms with E-state index in [2.05, 4.69) is 62.4 Å². The Bertz CT molecular complexity index is 2390. The summed E-state index contributed by atoms with van der Waals surface area (Å²) in [4.78, 5) is 36.2. The largest absolute Gasteiger partial charge is 0.330 e. The summed E-state index contributed by atoms with van der Waals surface area (Å²) in [5.74, 6) is 0. The maximum absolute atomic E-state index is 14.1. The molecule has 6 nitrogen and oxygen atoms in total. The molecule has 0 radical (unpaired) electrons. The van der Waals surface area contributed by atoms with Crippen LogP contribution in [0.15, 0.2) is 146 Å². The number of rotatable bonds is 6. The number of carbonyl (C=O) groups is 2. The second-order valence-corrected chi connectivity index (χ2v) is 18.9. The first-order valence-corrected chi connectivity index (χ1v) is 22.9. The molecule has 2 spiro atoms. The van der Waals surface area contributed by atoms with Crippen LogP contribution in [0, 0.1) is 13.8 Å². The van der Waals surface area contributed by atoms with Gasteiger partial charge in [-0.05, 0) is 148 Å². The lowest BCUT2D eigenvalue weighted by atomic mass is 9.82. The van der Waals surface area contributed by atoms with Gasteiger partial charge in [0.2, 0.25) is 0 Å². The van der Waals surface area contributed by atoms with Gasteiger partial charge in [0.05, 0.1) is 23.2 Å². The van der Waals surface area contributed by atoms with Crippen LogP contribution in [0.25, 0.3) is 0 Å². The standard InChI is InChI=1S/2C26H24Cl2N2O/c2*1-18-5-4-6-19(17-18)24-26(15-2-3-16-26)30(23-13-9-21(28)10-14-23)25(31)29(24)22-11-7-20(27)8-12-22/h2*4-14,17,24H,2-3,15-16H2,1H3/t2*24-/m10/s1. The van der Waals surface area contributed by atoms with Gasteiger partial charge in [-0.2, -0.15) is 0 Å². The fourth-order valence-corrected chi connectivity index (χ4v) is 11.3. The highest BCUT2D eigenvalue weighted by Gasteiger charge is 2.61. The van der Waals surface area contributed by atoms with E-state index in [4.69, 9.17) is 46.4 Å². The Hall–Kier alpha value is -4.98. The molecule has 6 aromatic carbocycles. The maximum Gasteiger partial charge on any atom is 0.330 e. The summed E-state index contributed by atoms with van der Waals surface area (Å²) in [5, 5.41) is 2.65. The highest BCUT2D eigenvalue weighted by Crippen LogP contribution is 2.57. The van der Waals surface area contributed by atoms with Gasteiger partial charge < -0.3 is 0 Å². The van der Waals surface area contributed by atoms with Crippen LogP contribution in [0.5, 0.6) is 0 Å². The number of aryl methyl sites for hydroxylation is 2. The first-order chi connectivity index (χ1) is 30.0. The fourth-order valence-electron chi connectivity index (χ4n) is 10.7. The minimum Gasteiger partial charge on any atom is -0.285 e. The zero-order valence-electron chi connectivity index (χ0n) is 34.8. The molecule has 4 aliphatic rings. The monoisotopic (exact) mass is 900 g/mol. The summed E-state index contributed by atoms with van der Waals surface area (Å²) in [7, 11) is 0. The molecule has 0 unspecified atom stereocenters. The second kappa shape index (κ2) is 17.3. The van der Waals surface area contributed by atoms with Crippen LogP contribution >= 0.6 is 46.4 Å². The van der Waals surface area contributed by atoms with Crippen molar-refractivity contribution in [3.63, 3.8) is 0 Å². The van der Waals surface area contributed by atoms with Gasteiger partial charge in [0.1, 0.15) is 0 Å². The number of carbonyl (C=O) groups excluding carboxylic acids is 2. The van der Waals surface area contributed by atoms with Crippen molar-refractivity contribution >= 4 is 81.2 Å². The van der Waals surface area contributed by atoms with Crippen LogP contribution in [-0.2, 0) is 0 Å². The summed E-state index contributed by atoms with van der Waals surface area (Å²) in [6.07, 6.45) is 8.27. The van der Waals surface area contributed by atoms with Crippen LogP contribution in [0.1, 0.15) is 85.7 Å². The van der Waals surface area contributed by atoms with Crippen molar-refractivity contribution in [2.75, 3.05) is 19.6 Å². The molecule has 62 heavy (non-hydrogen) atoms. The first-order valence-electron chi connectivity index (χ1n) is 21.4. The van der Waals surface area contributed by atoms with Crippen molar-refractivity contribution in [1.82, 2.24) is 0 Å². The average molecular weight is 903 g/mol. The summed E-state index contributed by atoms with van der Waals surface area (Å²) in [6, 6.07) is 47.4. The van der Waals surface area contributed by atoms with Crippen LogP contribution in [-0.4, -0.2) is 23.1 Å². The molecule has 4 amide bonds. The maximum atomic E-state index is 14.1. The summed E-state index contributed by atoms with van der Waals surface area (Å²) >= 11 is 24.6. The molecule has 2 saturated carbocycles. The topological polar surface area (TPSA) is 47.1 Å². The van der Waals surface area contributed by atoms with Crippen LogP contribution in [0.4, 0.5) is 32.3 Å². The molecular formula is C52H48Cl4N4O2. The van der Waals surface area contributed by atoms with Crippen molar-refractivity contribution in [3.05, 3.63) is 188 Å². The van der Waals surface area contributed by atoms with E-state index in [9.17, 15) is 9.59 Å². The van der Waals surface area contributed by atoms with Gasteiger partial charge >= 0.3 is 12.1 Å². The molecule has 2 saturated heterocycles. The minimum absolute atomic E-state index is 0.00180. The van der Waals surface area contributed by atoms with E-state index in [1.807, 2.05) is 117 Å². The summed E-state index contributed by atoms with van der Waals surface area (Å²) in [5.41, 5.74) is 7.63. The van der Waals surface area contributed by atoms with Crippen LogP contribution < -0.4 is 19.6 Å². The predicted molar refractivity (Wildman–Crippen MR) is 257 cm³/mol. The number of hydrogen-bond donors (Lipinski definition) is 0. The Morgan fingerprint density at radius 3 is 1.00 bits per heavy atom. The Labute approximate surface area is 384 Å². The molecule has 2 aliphatic heterocycles. The smallest absolute Gasteiger partial charge is 0.285 e. The van der Waals surface area contributed by atoms with Crippen LogP contribution in [0.2, 0.25) is 20.1 Å². The number of nitrogens with zero attached hydrogens (tertiary/aromatic N) is 4. The van der Waals surface area contributed by atoms with Gasteiger partial charge in [-0.15, -0.1) is 0 Å². The average Bonchev–Trinajstić information content (AvgIpc) is 4.05. The van der Waals surface area contributed by atoms with Crippen molar-refractivity contribution in [2.45, 2.75) is 88.4 Å². The number of amides is 4. The second-order valence-electron chi connectivity index (χ2n) is 17.1. The Kier molecular flexibility index (Phi) is 11.8. The molecule has 0 N–H and O–H groups in total. The zero-order valence-corrected chi connectivity index (χ0v) is 37.8. The van der Waals surface area contributed by atoms with Gasteiger partial charge in [-0.25, -0.2) is 9.59 Å². The number of anilines is 4. The number of benzene rings is 6. The van der Waals surface area contributed by atoms with E-state index in [0.717, 1.165) is 74.1 Å². The van der Waals surface area contributed by atoms with Gasteiger partial charge in [0.25, 0.3) is 0 Å². The lowest BCUT2D eigenvalue weighted by Crippen LogP contribution is -2.46. The van der Waals surface area contributed by atoms with Crippen molar-refractivity contribution in [3.8, 4) is 0 Å². The van der Waals surface area contributed by atoms with Crippen molar-refractivity contribution < 1.29 is 9.59 Å². The molecule has 0 bridgehead atoms. The van der Waals surface area contributed by atoms with Crippen molar-refractivity contribution in [2.24, 2.45) is 0 Å². The third-order valence-corrected chi connectivity index (χ3v) is 14.3. The molecule has 10 heteroatoms. The molecular weight excluding hydrogens is 854 g/mol.